The molecule has 2 aromatic heterocycles. The average Bonchev–Trinajstić information content (AvgIpc) is 3.47. The number of ether oxygens (including phenoxy) is 2. The van der Waals surface area contributed by atoms with E-state index < -0.39 is 26.9 Å². The van der Waals surface area contributed by atoms with Crippen LogP contribution in [0.25, 0.3) is 11.2 Å². The predicted molar refractivity (Wildman–Crippen MR) is 134 cm³/mol. The van der Waals surface area contributed by atoms with Gasteiger partial charge in [0.15, 0.2) is 23.3 Å². The molecule has 0 amide bonds. The molecule has 0 spiro atoms. The minimum atomic E-state index is -2.73. The number of imidazole rings is 1. The molecule has 0 bridgehead atoms. The third-order valence-electron chi connectivity index (χ3n) is 6.25. The number of aromatic nitrogens is 4. The summed E-state index contributed by atoms with van der Waals surface area (Å²) in [6.45, 7) is 7.13. The van der Waals surface area contributed by atoms with Crippen molar-refractivity contribution in [1.29, 1.82) is 0 Å². The Morgan fingerprint density at radius 2 is 1.69 bits per heavy atom. The maximum atomic E-state index is 13.8. The minimum Gasteiger partial charge on any atom is -0.402 e. The summed E-state index contributed by atoms with van der Waals surface area (Å²) in [7, 11) is -2.73. The molecule has 0 N–H and O–H groups in total. The molecule has 1 aliphatic heterocycles. The van der Waals surface area contributed by atoms with Gasteiger partial charge in [-0.3, -0.25) is 4.57 Å². The monoisotopic (exact) mass is 512 g/mol. The minimum absolute atomic E-state index is 0.0447. The SMILES string of the molecule is CC(C)(C)[Si](OCC1OCC(n2cnc3c(Cl)nc(F)nc32)O1)(c1ccccc1)c1ccccc1. The van der Waals surface area contributed by atoms with Gasteiger partial charge in [0.25, 0.3) is 8.32 Å². The molecular formula is C25H26ClFN4O3Si. The molecule has 2 aromatic carbocycles. The number of halogens is 2. The lowest BCUT2D eigenvalue weighted by atomic mass is 10.2. The average molecular weight is 513 g/mol. The van der Waals surface area contributed by atoms with E-state index in [1.807, 2.05) is 36.4 Å². The van der Waals surface area contributed by atoms with Crippen LogP contribution in [0.4, 0.5) is 4.39 Å². The maximum absolute atomic E-state index is 13.8. The number of nitrogens with zero attached hydrogens (tertiary/aromatic N) is 4. The molecule has 182 valence electrons. The molecule has 7 nitrogen and oxygen atoms in total. The number of fused-ring (bicyclic) bond motifs is 1. The Labute approximate surface area is 209 Å². The smallest absolute Gasteiger partial charge is 0.312 e. The molecule has 35 heavy (non-hydrogen) atoms. The van der Waals surface area contributed by atoms with E-state index in [-0.39, 0.29) is 29.1 Å². The van der Waals surface area contributed by atoms with Crippen LogP contribution < -0.4 is 10.4 Å². The molecule has 0 saturated carbocycles. The van der Waals surface area contributed by atoms with Crippen molar-refractivity contribution in [2.24, 2.45) is 0 Å². The van der Waals surface area contributed by atoms with Crippen molar-refractivity contribution in [2.75, 3.05) is 13.2 Å². The quantitative estimate of drug-likeness (QED) is 0.220. The van der Waals surface area contributed by atoms with Gasteiger partial charge in [-0.2, -0.15) is 14.4 Å². The second-order valence-corrected chi connectivity index (χ2v) is 14.1. The molecule has 10 heteroatoms. The first kappa shape index (κ1) is 24.0. The summed E-state index contributed by atoms with van der Waals surface area (Å²) in [5.74, 6) is 0. The van der Waals surface area contributed by atoms with Crippen molar-refractivity contribution in [2.45, 2.75) is 38.3 Å². The Morgan fingerprint density at radius 3 is 2.29 bits per heavy atom. The number of hydrogen-bond donors (Lipinski definition) is 0. The van der Waals surface area contributed by atoms with Crippen LogP contribution in [-0.4, -0.2) is 47.3 Å². The molecule has 2 atom stereocenters. The summed E-state index contributed by atoms with van der Waals surface area (Å²) in [6.07, 6.45) is -0.571. The van der Waals surface area contributed by atoms with Crippen LogP contribution >= 0.6 is 11.6 Å². The molecule has 0 aliphatic carbocycles. The number of rotatable bonds is 6. The Hall–Kier alpha value is -2.69. The van der Waals surface area contributed by atoms with Crippen LogP contribution in [0.1, 0.15) is 27.0 Å². The Morgan fingerprint density at radius 1 is 1.06 bits per heavy atom. The standard InChI is InChI=1S/C25H26ClFN4O3Si/c1-25(2,3)35(17-10-6-4-7-11-17,18-12-8-5-9-13-18)33-15-20-32-14-19(34-20)31-16-28-21-22(26)29-24(27)30-23(21)31/h4-13,16,19-20H,14-15H2,1-3H3. The molecular weight excluding hydrogens is 487 g/mol. The molecule has 3 heterocycles. The first-order valence-corrected chi connectivity index (χ1v) is 13.7. The topological polar surface area (TPSA) is 71.3 Å². The van der Waals surface area contributed by atoms with Gasteiger partial charge in [0.1, 0.15) is 5.52 Å². The first-order chi connectivity index (χ1) is 16.8. The zero-order valence-electron chi connectivity index (χ0n) is 19.7. The highest BCUT2D eigenvalue weighted by atomic mass is 35.5. The normalized spacial score (nSPS) is 18.9. The number of benzene rings is 2. The first-order valence-electron chi connectivity index (χ1n) is 11.4. The Kier molecular flexibility index (Phi) is 6.45. The van der Waals surface area contributed by atoms with Gasteiger partial charge in [0.2, 0.25) is 0 Å². The van der Waals surface area contributed by atoms with Gasteiger partial charge >= 0.3 is 6.08 Å². The van der Waals surface area contributed by atoms with Crippen LogP contribution in [0.15, 0.2) is 67.0 Å². The van der Waals surface area contributed by atoms with E-state index in [1.54, 1.807) is 4.57 Å². The van der Waals surface area contributed by atoms with E-state index in [2.05, 4.69) is 60.0 Å². The van der Waals surface area contributed by atoms with Crippen LogP contribution in [0, 0.1) is 6.08 Å². The summed E-state index contributed by atoms with van der Waals surface area (Å²) < 4.78 is 34.4. The summed E-state index contributed by atoms with van der Waals surface area (Å²) in [5, 5.41) is 2.14. The van der Waals surface area contributed by atoms with E-state index in [9.17, 15) is 4.39 Å². The highest BCUT2D eigenvalue weighted by molar-refractivity contribution is 6.99. The number of hydrogen-bond acceptors (Lipinski definition) is 6. The van der Waals surface area contributed by atoms with Crippen molar-refractivity contribution >= 4 is 41.5 Å². The second-order valence-electron chi connectivity index (χ2n) is 9.44. The van der Waals surface area contributed by atoms with Crippen molar-refractivity contribution in [3.63, 3.8) is 0 Å². The largest absolute Gasteiger partial charge is 0.402 e. The maximum Gasteiger partial charge on any atom is 0.312 e. The van der Waals surface area contributed by atoms with Gasteiger partial charge in [0, 0.05) is 0 Å². The van der Waals surface area contributed by atoms with Crippen molar-refractivity contribution in [1.82, 2.24) is 19.5 Å². The third-order valence-corrected chi connectivity index (χ3v) is 11.5. The van der Waals surface area contributed by atoms with Crippen LogP contribution in [-0.2, 0) is 13.9 Å². The lowest BCUT2D eigenvalue weighted by molar-refractivity contribution is -0.0943. The van der Waals surface area contributed by atoms with Crippen molar-refractivity contribution < 1.29 is 18.3 Å². The molecule has 1 fully saturated rings. The predicted octanol–water partition coefficient (Wildman–Crippen LogP) is 4.07. The van der Waals surface area contributed by atoms with Gasteiger partial charge in [-0.25, -0.2) is 4.98 Å². The summed E-state index contributed by atoms with van der Waals surface area (Å²) >= 11 is 6.02. The fraction of sp³-hybridized carbons (Fsp3) is 0.320. The lowest BCUT2D eigenvalue weighted by Crippen LogP contribution is -2.67. The summed E-state index contributed by atoms with van der Waals surface area (Å²) in [5.41, 5.74) is 0.563. The van der Waals surface area contributed by atoms with Gasteiger partial charge in [-0.05, 0) is 15.4 Å². The Bertz CT molecular complexity index is 1280. The van der Waals surface area contributed by atoms with Crippen molar-refractivity contribution in [3.8, 4) is 0 Å². The van der Waals surface area contributed by atoms with Crippen LogP contribution in [0.5, 0.6) is 0 Å². The van der Waals surface area contributed by atoms with E-state index in [0.29, 0.717) is 5.52 Å². The third kappa shape index (κ3) is 4.39. The molecule has 1 saturated heterocycles. The molecule has 0 radical (unpaired) electrons. The summed E-state index contributed by atoms with van der Waals surface area (Å²) in [6, 6.07) is 20.8. The lowest BCUT2D eigenvalue weighted by Gasteiger charge is -2.43. The zero-order valence-corrected chi connectivity index (χ0v) is 21.4. The summed E-state index contributed by atoms with van der Waals surface area (Å²) in [4.78, 5) is 11.6. The second kappa shape index (κ2) is 9.40. The van der Waals surface area contributed by atoms with E-state index in [1.165, 1.54) is 16.7 Å². The Balaban J connectivity index is 1.42. The van der Waals surface area contributed by atoms with Gasteiger partial charge in [-0.15, -0.1) is 0 Å². The fourth-order valence-electron chi connectivity index (χ4n) is 4.70. The van der Waals surface area contributed by atoms with Gasteiger partial charge < -0.3 is 13.9 Å². The van der Waals surface area contributed by atoms with E-state index in [0.717, 1.165) is 0 Å². The van der Waals surface area contributed by atoms with Crippen LogP contribution in [0.2, 0.25) is 10.2 Å². The van der Waals surface area contributed by atoms with E-state index in [4.69, 9.17) is 25.5 Å². The highest BCUT2D eigenvalue weighted by Crippen LogP contribution is 2.37. The molecule has 5 rings (SSSR count). The van der Waals surface area contributed by atoms with Gasteiger partial charge in [-0.1, -0.05) is 93.0 Å². The fourth-order valence-corrected chi connectivity index (χ4v) is 9.44. The molecule has 1 aliphatic rings. The zero-order chi connectivity index (χ0) is 24.6. The van der Waals surface area contributed by atoms with Gasteiger partial charge in [0.05, 0.1) is 19.5 Å². The highest BCUT2D eigenvalue weighted by Gasteiger charge is 2.50. The molecule has 2 unspecified atom stereocenters. The van der Waals surface area contributed by atoms with Crippen molar-refractivity contribution in [3.05, 3.63) is 78.2 Å². The molecule has 4 aromatic rings. The van der Waals surface area contributed by atoms with E-state index >= 15 is 0 Å². The van der Waals surface area contributed by atoms with Crippen LogP contribution in [0.3, 0.4) is 0 Å².